The van der Waals surface area contributed by atoms with Gasteiger partial charge in [0.1, 0.15) is 4.21 Å². The molecule has 144 valence electrons. The summed E-state index contributed by atoms with van der Waals surface area (Å²) < 4.78 is 26.7. The minimum atomic E-state index is -3.53. The summed E-state index contributed by atoms with van der Waals surface area (Å²) in [5.74, 6) is -1.91. The molecule has 0 aliphatic carbocycles. The molecule has 0 atom stereocenters. The van der Waals surface area contributed by atoms with Gasteiger partial charge in [0.15, 0.2) is 0 Å². The number of carbonyl (C=O) groups excluding carboxylic acids is 1. The van der Waals surface area contributed by atoms with Gasteiger partial charge in [0.25, 0.3) is 10.0 Å². The lowest BCUT2D eigenvalue weighted by Crippen LogP contribution is -2.41. The van der Waals surface area contributed by atoms with E-state index >= 15 is 0 Å². The van der Waals surface area contributed by atoms with Crippen LogP contribution in [-0.2, 0) is 14.8 Å². The number of rotatable bonds is 5. The molecule has 2 heterocycles. The second-order valence-electron chi connectivity index (χ2n) is 6.09. The molecule has 0 bridgehead atoms. The molecule has 3 rings (SSSR count). The third-order valence-electron chi connectivity index (χ3n) is 4.38. The monoisotopic (exact) mass is 428 g/mol. The van der Waals surface area contributed by atoms with Gasteiger partial charge in [-0.15, -0.1) is 11.3 Å². The third kappa shape index (κ3) is 4.32. The van der Waals surface area contributed by atoms with Crippen LogP contribution < -0.4 is 5.32 Å². The van der Waals surface area contributed by atoms with Crippen molar-refractivity contribution in [2.75, 3.05) is 18.4 Å². The molecule has 1 amide bonds. The van der Waals surface area contributed by atoms with Crippen LogP contribution in [0.5, 0.6) is 0 Å². The highest BCUT2D eigenvalue weighted by Crippen LogP contribution is 2.28. The van der Waals surface area contributed by atoms with Crippen LogP contribution in [0.1, 0.15) is 23.2 Å². The van der Waals surface area contributed by atoms with Gasteiger partial charge in [0.05, 0.1) is 11.3 Å². The number of benzene rings is 1. The molecule has 1 aromatic heterocycles. The third-order valence-corrected chi connectivity index (χ3v) is 7.89. The van der Waals surface area contributed by atoms with E-state index in [1.807, 2.05) is 0 Å². The first-order valence-corrected chi connectivity index (χ1v) is 10.9. The number of carboxylic acids is 1. The second-order valence-corrected chi connectivity index (χ2v) is 9.64. The lowest BCUT2D eigenvalue weighted by atomic mass is 9.97. The smallest absolute Gasteiger partial charge is 0.337 e. The van der Waals surface area contributed by atoms with E-state index in [0.717, 1.165) is 11.3 Å². The Morgan fingerprint density at radius 1 is 1.22 bits per heavy atom. The zero-order valence-electron chi connectivity index (χ0n) is 14.1. The van der Waals surface area contributed by atoms with Gasteiger partial charge in [-0.2, -0.15) is 4.31 Å². The normalized spacial score (nSPS) is 16.2. The molecule has 1 aliphatic rings. The molecule has 1 saturated heterocycles. The maximum absolute atomic E-state index is 12.5. The second kappa shape index (κ2) is 7.97. The summed E-state index contributed by atoms with van der Waals surface area (Å²) in [4.78, 5) is 23.8. The van der Waals surface area contributed by atoms with Crippen LogP contribution in [0.15, 0.2) is 39.9 Å². The molecule has 7 nitrogen and oxygen atoms in total. The van der Waals surface area contributed by atoms with Gasteiger partial charge in [-0.3, -0.25) is 4.79 Å². The Balaban J connectivity index is 1.66. The molecule has 1 aromatic carbocycles. The topological polar surface area (TPSA) is 104 Å². The van der Waals surface area contributed by atoms with E-state index in [1.54, 1.807) is 17.5 Å². The summed E-state index contributed by atoms with van der Waals surface area (Å²) in [5, 5.41) is 13.9. The largest absolute Gasteiger partial charge is 0.478 e. The number of amides is 1. The summed E-state index contributed by atoms with van der Waals surface area (Å²) >= 11 is 7.05. The highest BCUT2D eigenvalue weighted by Gasteiger charge is 2.32. The lowest BCUT2D eigenvalue weighted by Gasteiger charge is -2.30. The average molecular weight is 429 g/mol. The number of anilines is 1. The first-order chi connectivity index (χ1) is 12.8. The number of hydrogen-bond donors (Lipinski definition) is 2. The number of nitrogens with zero attached hydrogens (tertiary/aromatic N) is 1. The van der Waals surface area contributed by atoms with Crippen LogP contribution in [0.4, 0.5) is 5.69 Å². The van der Waals surface area contributed by atoms with Crippen LogP contribution >= 0.6 is 22.9 Å². The zero-order valence-corrected chi connectivity index (χ0v) is 16.5. The van der Waals surface area contributed by atoms with Crippen molar-refractivity contribution in [1.29, 1.82) is 0 Å². The van der Waals surface area contributed by atoms with Crippen molar-refractivity contribution in [1.82, 2.24) is 4.31 Å². The molecule has 0 saturated carbocycles. The molecule has 2 N–H and O–H groups in total. The maximum Gasteiger partial charge on any atom is 0.337 e. The van der Waals surface area contributed by atoms with E-state index in [-0.39, 0.29) is 34.5 Å². The van der Waals surface area contributed by atoms with Crippen molar-refractivity contribution in [3.8, 4) is 0 Å². The van der Waals surface area contributed by atoms with Crippen molar-refractivity contribution in [2.45, 2.75) is 17.1 Å². The van der Waals surface area contributed by atoms with E-state index in [1.165, 1.54) is 22.5 Å². The number of hydrogen-bond acceptors (Lipinski definition) is 5. The van der Waals surface area contributed by atoms with Crippen LogP contribution in [-0.4, -0.2) is 42.8 Å². The van der Waals surface area contributed by atoms with Crippen LogP contribution in [0.2, 0.25) is 5.02 Å². The minimum Gasteiger partial charge on any atom is -0.478 e. The molecule has 27 heavy (non-hydrogen) atoms. The number of carbonyl (C=O) groups is 2. The number of piperidine rings is 1. The number of aromatic carboxylic acids is 1. The van der Waals surface area contributed by atoms with Gasteiger partial charge < -0.3 is 10.4 Å². The minimum absolute atomic E-state index is 0.0505. The van der Waals surface area contributed by atoms with Crippen molar-refractivity contribution in [3.63, 3.8) is 0 Å². The quantitative estimate of drug-likeness (QED) is 0.761. The predicted octanol–water partition coefficient (Wildman–Crippen LogP) is 3.14. The molecule has 0 unspecified atom stereocenters. The fraction of sp³-hybridized carbons (Fsp3) is 0.294. The molecular weight excluding hydrogens is 412 g/mol. The van der Waals surface area contributed by atoms with Crippen molar-refractivity contribution < 1.29 is 23.1 Å². The van der Waals surface area contributed by atoms with Gasteiger partial charge in [0.2, 0.25) is 5.91 Å². The number of halogens is 1. The highest BCUT2D eigenvalue weighted by molar-refractivity contribution is 7.91. The molecule has 1 aliphatic heterocycles. The summed E-state index contributed by atoms with van der Waals surface area (Å²) in [6, 6.07) is 7.40. The van der Waals surface area contributed by atoms with Crippen molar-refractivity contribution in [2.24, 2.45) is 5.92 Å². The number of carboxylic acid groups (broad SMARTS) is 1. The SMILES string of the molecule is O=C(O)c1ccc(Cl)cc1NC(=O)C1CCN(S(=O)(=O)c2cccs2)CC1. The van der Waals surface area contributed by atoms with Gasteiger partial charge >= 0.3 is 5.97 Å². The highest BCUT2D eigenvalue weighted by atomic mass is 35.5. The van der Waals surface area contributed by atoms with Gasteiger partial charge in [-0.1, -0.05) is 17.7 Å². The zero-order chi connectivity index (χ0) is 19.6. The Morgan fingerprint density at radius 3 is 2.52 bits per heavy atom. The lowest BCUT2D eigenvalue weighted by molar-refractivity contribution is -0.120. The fourth-order valence-electron chi connectivity index (χ4n) is 2.94. The van der Waals surface area contributed by atoms with E-state index in [4.69, 9.17) is 11.6 Å². The average Bonchev–Trinajstić information content (AvgIpc) is 3.17. The number of nitrogens with one attached hydrogen (secondary N) is 1. The van der Waals surface area contributed by atoms with E-state index in [2.05, 4.69) is 5.32 Å². The van der Waals surface area contributed by atoms with Crippen molar-refractivity contribution >= 4 is 50.5 Å². The fourth-order valence-corrected chi connectivity index (χ4v) is 5.72. The molecular formula is C17H17ClN2O5S2. The summed E-state index contributed by atoms with van der Waals surface area (Å²) in [5.41, 5.74) is 0.0825. The van der Waals surface area contributed by atoms with Crippen LogP contribution in [0.3, 0.4) is 0 Å². The standard InChI is InChI=1S/C17H17ClN2O5S2/c18-12-3-4-13(17(22)23)14(10-12)19-16(21)11-5-7-20(8-6-11)27(24,25)15-2-1-9-26-15/h1-4,9-11H,5-8H2,(H,19,21)(H,22,23). The Bertz CT molecular complexity index is 952. The molecule has 0 spiro atoms. The van der Waals surface area contributed by atoms with E-state index in [9.17, 15) is 23.1 Å². The molecule has 0 radical (unpaired) electrons. The number of sulfonamides is 1. The van der Waals surface area contributed by atoms with Gasteiger partial charge in [-0.05, 0) is 42.5 Å². The van der Waals surface area contributed by atoms with Gasteiger partial charge in [0, 0.05) is 24.0 Å². The summed E-state index contributed by atoms with van der Waals surface area (Å²) in [7, 11) is -3.53. The molecule has 1 fully saturated rings. The first kappa shape index (κ1) is 19.8. The Kier molecular flexibility index (Phi) is 5.85. The predicted molar refractivity (Wildman–Crippen MR) is 103 cm³/mol. The van der Waals surface area contributed by atoms with Crippen LogP contribution in [0.25, 0.3) is 0 Å². The maximum atomic E-state index is 12.5. The van der Waals surface area contributed by atoms with Crippen LogP contribution in [0, 0.1) is 5.92 Å². The van der Waals surface area contributed by atoms with E-state index < -0.39 is 21.9 Å². The summed E-state index contributed by atoms with van der Waals surface area (Å²) in [6.45, 7) is 0.472. The van der Waals surface area contributed by atoms with Crippen molar-refractivity contribution in [3.05, 3.63) is 46.3 Å². The molecule has 2 aromatic rings. The Morgan fingerprint density at radius 2 is 1.93 bits per heavy atom. The van der Waals surface area contributed by atoms with E-state index in [0.29, 0.717) is 17.9 Å². The number of thiophene rings is 1. The Labute approximate surface area is 165 Å². The Hall–Kier alpha value is -1.94. The first-order valence-electron chi connectivity index (χ1n) is 8.16. The molecule has 10 heteroatoms. The summed E-state index contributed by atoms with van der Waals surface area (Å²) in [6.07, 6.45) is 0.721. The van der Waals surface area contributed by atoms with Gasteiger partial charge in [-0.25, -0.2) is 13.2 Å².